The van der Waals surface area contributed by atoms with Gasteiger partial charge in [0.25, 0.3) is 5.91 Å². The molecule has 50 heavy (non-hydrogen) atoms. The lowest BCUT2D eigenvalue weighted by Gasteiger charge is -2.53. The van der Waals surface area contributed by atoms with E-state index in [1.165, 1.54) is 21.3 Å². The highest BCUT2D eigenvalue weighted by Crippen LogP contribution is 2.44. The van der Waals surface area contributed by atoms with Crippen LogP contribution < -0.4 is 16.4 Å². The lowest BCUT2D eigenvalue weighted by molar-refractivity contribution is -0.165. The molecule has 0 spiro atoms. The van der Waals surface area contributed by atoms with Gasteiger partial charge in [0.1, 0.15) is 22.4 Å². The number of alkyl carbamates (subject to hydrolysis) is 1. The predicted molar refractivity (Wildman–Crippen MR) is 178 cm³/mol. The minimum atomic E-state index is -1.60. The number of carboxylic acid groups (broad SMARTS) is 2. The molecule has 5 rings (SSSR count). The van der Waals surface area contributed by atoms with E-state index in [9.17, 15) is 34.2 Å². The largest absolute Gasteiger partial charge is 0.481 e. The van der Waals surface area contributed by atoms with Gasteiger partial charge in [-0.1, -0.05) is 16.9 Å². The van der Waals surface area contributed by atoms with Gasteiger partial charge in [-0.15, -0.1) is 16.9 Å². The molecule has 3 amide bonds. The Hall–Kier alpha value is -4.25. The van der Waals surface area contributed by atoms with Gasteiger partial charge < -0.3 is 41.1 Å². The maximum absolute atomic E-state index is 13.4. The van der Waals surface area contributed by atoms with Gasteiger partial charge in [0.05, 0.1) is 0 Å². The summed E-state index contributed by atoms with van der Waals surface area (Å²) < 4.78 is 10.7. The Labute approximate surface area is 297 Å². The number of amides is 3. The fraction of sp³-hybridized carbons (Fsp3) is 0.667. The van der Waals surface area contributed by atoms with Crippen LogP contribution in [0.4, 0.5) is 9.93 Å². The number of carbonyl (C=O) groups is 5. The number of carboxylic acids is 2. The number of rotatable bonds is 14. The number of anilines is 1. The minimum Gasteiger partial charge on any atom is -0.481 e. The number of fused-ring (bicyclic) bond motifs is 1. The van der Waals surface area contributed by atoms with Gasteiger partial charge in [0.15, 0.2) is 5.13 Å². The van der Waals surface area contributed by atoms with E-state index in [4.69, 9.17) is 15.3 Å². The number of ether oxygens (including phenoxy) is 1. The van der Waals surface area contributed by atoms with E-state index in [-0.39, 0.29) is 41.8 Å². The molecule has 4 heterocycles. The van der Waals surface area contributed by atoms with Crippen molar-refractivity contribution in [3.8, 4) is 0 Å². The van der Waals surface area contributed by atoms with Crippen LogP contribution >= 0.6 is 35.1 Å². The highest BCUT2D eigenvalue weighted by Gasteiger charge is 2.58. The van der Waals surface area contributed by atoms with Gasteiger partial charge in [-0.2, -0.15) is 9.36 Å². The van der Waals surface area contributed by atoms with Gasteiger partial charge in [-0.25, -0.2) is 14.3 Å². The molecule has 272 valence electrons. The van der Waals surface area contributed by atoms with Gasteiger partial charge >= 0.3 is 18.0 Å². The number of oxime groups is 1. The number of thioether (sulfide) groups is 2. The summed E-state index contributed by atoms with van der Waals surface area (Å²) in [5.41, 5.74) is 1.70. The standard InChI is InChI=1S/C27H37N11O9S3/c1-25(2,3)46-24(45)29-9-6-10-38-23(32-35-36-38)49-13-26(20(41)42)11-37-18(40)15(19(37)48-12-26)30-17(39)14(16-31-22(28)50-34-16)33-47-27(21(43)44)7-4-5-8-27/h15,19H,4-13H2,1-3H3,(H,29,45)(H,30,39)(H,41,42)(H,43,44)(H2,28,31,34)/t15?,19-,26?/m1/s1. The first kappa shape index (κ1) is 37.0. The third-order valence-electron chi connectivity index (χ3n) is 8.06. The summed E-state index contributed by atoms with van der Waals surface area (Å²) in [6.45, 7) is 5.83. The first-order chi connectivity index (χ1) is 23.6. The summed E-state index contributed by atoms with van der Waals surface area (Å²) in [6.07, 6.45) is 1.57. The van der Waals surface area contributed by atoms with Crippen LogP contribution in [-0.4, -0.2) is 127 Å². The van der Waals surface area contributed by atoms with Crippen LogP contribution in [-0.2, 0) is 35.3 Å². The Morgan fingerprint density at radius 1 is 1.18 bits per heavy atom. The van der Waals surface area contributed by atoms with Crippen LogP contribution in [0.3, 0.4) is 0 Å². The average Bonchev–Trinajstić information content (AvgIpc) is 3.82. The van der Waals surface area contributed by atoms with Crippen molar-refractivity contribution in [2.45, 2.75) is 87.2 Å². The number of nitrogen functional groups attached to an aromatic ring is 1. The van der Waals surface area contributed by atoms with Gasteiger partial charge in [0, 0.05) is 55.5 Å². The SMILES string of the molecule is CC(C)(C)OC(=O)NCCCn1nnnc1SCC1(C(=O)O)CS[C@@H]2C(NC(=O)C(=NOC3(C(=O)O)CCCC3)c3nsc(N)n3)C(=O)N2C1. The lowest BCUT2D eigenvalue weighted by atomic mass is 9.89. The van der Waals surface area contributed by atoms with Crippen LogP contribution in [0.25, 0.3) is 0 Å². The summed E-state index contributed by atoms with van der Waals surface area (Å²) >= 11 is 3.14. The molecule has 2 unspecified atom stereocenters. The fourth-order valence-corrected chi connectivity index (χ4v) is 8.63. The maximum atomic E-state index is 13.4. The molecule has 0 radical (unpaired) electrons. The molecule has 3 fully saturated rings. The normalized spacial score (nSPS) is 23.1. The zero-order valence-corrected chi connectivity index (χ0v) is 29.8. The van der Waals surface area contributed by atoms with Crippen molar-refractivity contribution < 1.29 is 43.8 Å². The number of nitrogens with one attached hydrogen (secondary N) is 2. The van der Waals surface area contributed by atoms with Crippen LogP contribution in [0.1, 0.15) is 58.7 Å². The molecule has 1 aliphatic carbocycles. The number of nitrogens with zero attached hydrogens (tertiary/aromatic N) is 8. The molecule has 2 aromatic rings. The second-order valence-electron chi connectivity index (χ2n) is 13.0. The summed E-state index contributed by atoms with van der Waals surface area (Å²) in [7, 11) is 0. The van der Waals surface area contributed by atoms with Crippen molar-refractivity contribution in [2.24, 2.45) is 10.6 Å². The molecular weight excluding hydrogens is 719 g/mol. The molecule has 0 bridgehead atoms. The van der Waals surface area contributed by atoms with Crippen molar-refractivity contribution >= 4 is 75.7 Å². The Kier molecular flexibility index (Phi) is 11.1. The summed E-state index contributed by atoms with van der Waals surface area (Å²) in [4.78, 5) is 74.0. The zero-order chi connectivity index (χ0) is 36.3. The van der Waals surface area contributed by atoms with E-state index in [1.54, 1.807) is 20.8 Å². The molecule has 0 aromatic carbocycles. The molecule has 3 aliphatic rings. The van der Waals surface area contributed by atoms with Crippen molar-refractivity contribution in [3.63, 3.8) is 0 Å². The Bertz CT molecular complexity index is 1660. The van der Waals surface area contributed by atoms with E-state index < -0.39 is 63.6 Å². The molecule has 1 saturated carbocycles. The smallest absolute Gasteiger partial charge is 0.407 e. The van der Waals surface area contributed by atoms with E-state index in [1.807, 2.05) is 0 Å². The number of aryl methyl sites for hydroxylation is 1. The van der Waals surface area contributed by atoms with Gasteiger partial charge in [0.2, 0.25) is 28.2 Å². The summed E-state index contributed by atoms with van der Waals surface area (Å²) in [5.74, 6) is -3.71. The van der Waals surface area contributed by atoms with E-state index in [2.05, 4.69) is 40.7 Å². The van der Waals surface area contributed by atoms with Crippen LogP contribution in [0.15, 0.2) is 10.3 Å². The molecule has 2 aromatic heterocycles. The Morgan fingerprint density at radius 3 is 2.56 bits per heavy atom. The molecule has 3 atom stereocenters. The molecule has 2 aliphatic heterocycles. The number of carbonyl (C=O) groups excluding carboxylic acids is 3. The number of hydrogen-bond donors (Lipinski definition) is 5. The van der Waals surface area contributed by atoms with Crippen LogP contribution in [0.5, 0.6) is 0 Å². The third kappa shape index (κ3) is 8.20. The van der Waals surface area contributed by atoms with Crippen molar-refractivity contribution in [1.29, 1.82) is 0 Å². The topological polar surface area (TPSA) is 279 Å². The third-order valence-corrected chi connectivity index (χ3v) is 11.4. The van der Waals surface area contributed by atoms with Crippen LogP contribution in [0.2, 0.25) is 0 Å². The van der Waals surface area contributed by atoms with E-state index in [0.29, 0.717) is 37.5 Å². The predicted octanol–water partition coefficient (Wildman–Crippen LogP) is 0.403. The first-order valence-corrected chi connectivity index (χ1v) is 18.4. The number of hydrogen-bond acceptors (Lipinski definition) is 17. The molecule has 2 saturated heterocycles. The fourth-order valence-electron chi connectivity index (χ4n) is 5.43. The van der Waals surface area contributed by atoms with Gasteiger partial charge in [-0.05, 0) is 50.5 Å². The second-order valence-corrected chi connectivity index (χ2v) is 15.8. The maximum Gasteiger partial charge on any atom is 0.407 e. The quantitative estimate of drug-likeness (QED) is 0.0574. The highest BCUT2D eigenvalue weighted by atomic mass is 32.2. The van der Waals surface area contributed by atoms with Crippen molar-refractivity contribution in [1.82, 2.24) is 45.1 Å². The molecule has 20 nitrogen and oxygen atoms in total. The van der Waals surface area contributed by atoms with Gasteiger partial charge in [-0.3, -0.25) is 14.4 Å². The zero-order valence-electron chi connectivity index (χ0n) is 27.4. The van der Waals surface area contributed by atoms with Crippen LogP contribution in [0, 0.1) is 5.41 Å². The number of β-lactam (4-membered cyclic amide) rings is 1. The number of nitrogens with two attached hydrogens (primary N) is 1. The number of tetrazole rings is 1. The summed E-state index contributed by atoms with van der Waals surface area (Å²) in [5, 5.41) is 40.7. The first-order valence-electron chi connectivity index (χ1n) is 15.5. The molecule has 23 heteroatoms. The number of aromatic nitrogens is 6. The Balaban J connectivity index is 1.19. The lowest BCUT2D eigenvalue weighted by Crippen LogP contribution is -2.74. The van der Waals surface area contributed by atoms with E-state index in [0.717, 1.165) is 23.3 Å². The monoisotopic (exact) mass is 755 g/mol. The Morgan fingerprint density at radius 2 is 1.92 bits per heavy atom. The van der Waals surface area contributed by atoms with E-state index >= 15 is 0 Å². The van der Waals surface area contributed by atoms with Crippen molar-refractivity contribution in [2.75, 3.05) is 30.3 Å². The summed E-state index contributed by atoms with van der Waals surface area (Å²) in [6, 6.07) is -1.02. The number of aliphatic carboxylic acids is 2. The average molecular weight is 756 g/mol. The second kappa shape index (κ2) is 14.9. The minimum absolute atomic E-state index is 0.0372. The molecule has 6 N–H and O–H groups in total. The molecular formula is C27H37N11O9S3. The van der Waals surface area contributed by atoms with Crippen molar-refractivity contribution in [3.05, 3.63) is 5.82 Å². The highest BCUT2D eigenvalue weighted by molar-refractivity contribution is 8.00.